The molecule has 5 heterocycles. The van der Waals surface area contributed by atoms with E-state index in [4.69, 9.17) is 8.83 Å². The molecule has 58 heavy (non-hydrogen) atoms. The Morgan fingerprint density at radius 1 is 0.517 bits per heavy atom. The van der Waals surface area contributed by atoms with E-state index < -0.39 is 0 Å². The normalized spacial score (nSPS) is 11.6. The molecule has 0 bridgehead atoms. The van der Waals surface area contributed by atoms with Crippen LogP contribution in [0.1, 0.15) is 5.56 Å². The summed E-state index contributed by atoms with van der Waals surface area (Å²) in [5, 5.41) is 19.3. The second-order valence-corrected chi connectivity index (χ2v) is 14.3. The first-order chi connectivity index (χ1) is 28.7. The topological polar surface area (TPSA) is 72.8 Å². The maximum absolute atomic E-state index is 10.6. The van der Waals surface area contributed by atoms with Crippen LogP contribution in [-0.2, 0) is 0 Å². The molecule has 0 aliphatic rings. The molecule has 6 heteroatoms. The molecule has 7 aromatic carbocycles. The zero-order valence-electron chi connectivity index (χ0n) is 31.2. The number of benzene rings is 7. The zero-order chi connectivity index (χ0) is 38.9. The van der Waals surface area contributed by atoms with Crippen LogP contribution in [0, 0.1) is 11.3 Å². The zero-order valence-corrected chi connectivity index (χ0v) is 31.2. The first-order valence-corrected chi connectivity index (χ1v) is 19.1. The summed E-state index contributed by atoms with van der Waals surface area (Å²) in [5.74, 6) is 0. The summed E-state index contributed by atoms with van der Waals surface area (Å²) in [7, 11) is 0. The smallest absolute Gasteiger partial charge is 0.145 e. The largest absolute Gasteiger partial charge is 0.455 e. The molecule has 0 N–H and O–H groups in total. The van der Waals surface area contributed by atoms with Crippen LogP contribution < -0.4 is 0 Å². The lowest BCUT2D eigenvalue weighted by molar-refractivity contribution is 0.672. The number of hydrogen-bond donors (Lipinski definition) is 0. The minimum atomic E-state index is 0.564. The van der Waals surface area contributed by atoms with Crippen LogP contribution >= 0.6 is 0 Å². The highest BCUT2D eigenvalue weighted by Gasteiger charge is 2.23. The van der Waals surface area contributed by atoms with Crippen molar-refractivity contribution in [1.82, 2.24) is 14.1 Å². The molecule has 0 spiro atoms. The van der Waals surface area contributed by atoms with Crippen molar-refractivity contribution in [3.8, 4) is 28.6 Å². The fraction of sp³-hybridized carbons (Fsp3) is 0. The predicted molar refractivity (Wildman–Crippen MR) is 238 cm³/mol. The van der Waals surface area contributed by atoms with E-state index in [1.54, 1.807) is 12.2 Å². The molecule has 0 fully saturated rings. The Morgan fingerprint density at radius 2 is 1.05 bits per heavy atom. The highest BCUT2D eigenvalue weighted by molar-refractivity contribution is 6.25. The fourth-order valence-corrected chi connectivity index (χ4v) is 8.79. The van der Waals surface area contributed by atoms with Gasteiger partial charge in [-0.25, -0.2) is 0 Å². The van der Waals surface area contributed by atoms with Crippen LogP contribution in [0.3, 0.4) is 0 Å². The summed E-state index contributed by atoms with van der Waals surface area (Å²) < 4.78 is 17.7. The monoisotopic (exact) mass is 744 g/mol. The van der Waals surface area contributed by atoms with Gasteiger partial charge in [0.15, 0.2) is 0 Å². The van der Waals surface area contributed by atoms with Gasteiger partial charge in [-0.05, 0) is 72.8 Å². The SMILES string of the molecule is C=CC=C.N#Cc1ccc(-n2c3ccccc3c3c4oc5ccccc5c4ccc32)cc1-c1cnccc1-n1c2ccccc2c2c3oc4ccccc4c3ccc21. The summed E-state index contributed by atoms with van der Waals surface area (Å²) in [6, 6.07) is 52.6. The number of fused-ring (bicyclic) bond motifs is 14. The van der Waals surface area contributed by atoms with Crippen LogP contribution in [0.25, 0.3) is 110 Å². The number of nitrogens with zero attached hydrogens (tertiary/aromatic N) is 4. The molecule has 0 aliphatic heterocycles. The van der Waals surface area contributed by atoms with Crippen LogP contribution in [0.5, 0.6) is 0 Å². The molecule has 12 aromatic rings. The molecule has 0 radical (unpaired) electrons. The maximum atomic E-state index is 10.6. The third kappa shape index (κ3) is 4.74. The maximum Gasteiger partial charge on any atom is 0.145 e. The molecule has 272 valence electrons. The summed E-state index contributed by atoms with van der Waals surface area (Å²) in [4.78, 5) is 4.63. The molecule has 5 aromatic heterocycles. The van der Waals surface area contributed by atoms with E-state index in [-0.39, 0.29) is 0 Å². The third-order valence-electron chi connectivity index (χ3n) is 11.2. The Hall–Kier alpha value is -8.14. The minimum Gasteiger partial charge on any atom is -0.455 e. The standard InChI is InChI=1S/C48H26N4O2.C4H6/c49-26-28-17-18-29(51-38-13-5-1-11-34(38)45-41(51)21-19-32-30-9-3-7-15-43(30)53-47(32)45)25-36(28)37-27-50-24-23-40(37)52-39-14-6-2-12-35(39)46-42(52)22-20-33-31-10-4-8-16-44(31)54-48(33)46;1-3-4-2/h1-25,27H;3-4H,1-2H2. The van der Waals surface area contributed by atoms with Gasteiger partial charge < -0.3 is 18.0 Å². The van der Waals surface area contributed by atoms with Gasteiger partial charge in [-0.2, -0.15) is 5.26 Å². The van der Waals surface area contributed by atoms with Crippen LogP contribution in [0.15, 0.2) is 192 Å². The van der Waals surface area contributed by atoms with Crippen molar-refractivity contribution in [2.24, 2.45) is 0 Å². The molecule has 0 saturated carbocycles. The molecule has 0 aliphatic carbocycles. The molecule has 0 atom stereocenters. The van der Waals surface area contributed by atoms with Crippen LogP contribution in [0.2, 0.25) is 0 Å². The molecular formula is C52H32N4O2. The molecule has 0 saturated heterocycles. The van der Waals surface area contributed by atoms with Crippen molar-refractivity contribution in [3.05, 3.63) is 189 Å². The van der Waals surface area contributed by atoms with Crippen LogP contribution in [0.4, 0.5) is 0 Å². The van der Waals surface area contributed by atoms with Gasteiger partial charge in [0.25, 0.3) is 0 Å². The lowest BCUT2D eigenvalue weighted by Gasteiger charge is -2.16. The summed E-state index contributed by atoms with van der Waals surface area (Å²) in [5.41, 5.74) is 11.7. The minimum absolute atomic E-state index is 0.564. The van der Waals surface area contributed by atoms with E-state index in [9.17, 15) is 5.26 Å². The molecule has 12 rings (SSSR count). The van der Waals surface area contributed by atoms with Crippen molar-refractivity contribution in [1.29, 1.82) is 5.26 Å². The quantitative estimate of drug-likeness (QED) is 0.168. The van der Waals surface area contributed by atoms with Crippen molar-refractivity contribution in [2.45, 2.75) is 0 Å². The number of para-hydroxylation sites is 4. The van der Waals surface area contributed by atoms with Gasteiger partial charge >= 0.3 is 0 Å². The number of pyridine rings is 1. The van der Waals surface area contributed by atoms with E-state index in [0.29, 0.717) is 5.56 Å². The van der Waals surface area contributed by atoms with Gasteiger partial charge in [0.1, 0.15) is 22.3 Å². The van der Waals surface area contributed by atoms with Gasteiger partial charge in [0, 0.05) is 61.5 Å². The Bertz CT molecular complexity index is 3690. The highest BCUT2D eigenvalue weighted by Crippen LogP contribution is 2.44. The second-order valence-electron chi connectivity index (χ2n) is 14.3. The molecule has 0 amide bonds. The van der Waals surface area contributed by atoms with Crippen molar-refractivity contribution >= 4 is 87.5 Å². The van der Waals surface area contributed by atoms with Crippen molar-refractivity contribution < 1.29 is 8.83 Å². The average molecular weight is 745 g/mol. The highest BCUT2D eigenvalue weighted by atomic mass is 16.3. The van der Waals surface area contributed by atoms with Gasteiger partial charge in [0.2, 0.25) is 0 Å². The number of allylic oxidation sites excluding steroid dienone is 2. The van der Waals surface area contributed by atoms with Gasteiger partial charge in [0.05, 0.1) is 50.2 Å². The van der Waals surface area contributed by atoms with Gasteiger partial charge in [-0.15, -0.1) is 0 Å². The van der Waals surface area contributed by atoms with E-state index in [2.05, 4.69) is 130 Å². The molecular weight excluding hydrogens is 713 g/mol. The molecule has 0 unspecified atom stereocenters. The number of hydrogen-bond acceptors (Lipinski definition) is 4. The van der Waals surface area contributed by atoms with E-state index in [1.807, 2.05) is 60.9 Å². The van der Waals surface area contributed by atoms with Crippen molar-refractivity contribution in [3.63, 3.8) is 0 Å². The van der Waals surface area contributed by atoms with Crippen molar-refractivity contribution in [2.75, 3.05) is 0 Å². The Kier molecular flexibility index (Phi) is 7.43. The number of furan rings is 2. The second kappa shape index (κ2) is 13.0. The van der Waals surface area contributed by atoms with E-state index in [0.717, 1.165) is 110 Å². The fourth-order valence-electron chi connectivity index (χ4n) is 8.79. The molecule has 6 nitrogen and oxygen atoms in total. The number of nitriles is 1. The van der Waals surface area contributed by atoms with E-state index >= 15 is 0 Å². The Balaban J connectivity index is 0.000000924. The first kappa shape index (κ1) is 33.2. The lowest BCUT2D eigenvalue weighted by atomic mass is 9.99. The Labute approximate surface area is 332 Å². The van der Waals surface area contributed by atoms with E-state index in [1.165, 1.54) is 0 Å². The number of aromatic nitrogens is 3. The summed E-state index contributed by atoms with van der Waals surface area (Å²) in [6.45, 7) is 6.72. The first-order valence-electron chi connectivity index (χ1n) is 19.1. The third-order valence-corrected chi connectivity index (χ3v) is 11.2. The lowest BCUT2D eigenvalue weighted by Crippen LogP contribution is -2.01. The van der Waals surface area contributed by atoms with Crippen LogP contribution in [-0.4, -0.2) is 14.1 Å². The number of rotatable bonds is 4. The Morgan fingerprint density at radius 3 is 1.64 bits per heavy atom. The predicted octanol–water partition coefficient (Wildman–Crippen LogP) is 14.0. The van der Waals surface area contributed by atoms with Gasteiger partial charge in [-0.1, -0.05) is 98.1 Å². The average Bonchev–Trinajstić information content (AvgIpc) is 4.04. The van der Waals surface area contributed by atoms with Gasteiger partial charge in [-0.3, -0.25) is 4.98 Å². The summed E-state index contributed by atoms with van der Waals surface area (Å²) in [6.07, 6.45) is 6.97. The summed E-state index contributed by atoms with van der Waals surface area (Å²) >= 11 is 0.